The molecule has 2 aromatic carbocycles. The summed E-state index contributed by atoms with van der Waals surface area (Å²) in [6.45, 7) is 4.22. The molecule has 0 spiro atoms. The van der Waals surface area contributed by atoms with Gasteiger partial charge in [-0.25, -0.2) is 9.37 Å². The molecule has 0 radical (unpaired) electrons. The van der Waals surface area contributed by atoms with Crippen LogP contribution in [-0.2, 0) is 4.74 Å². The molecule has 1 saturated heterocycles. The zero-order chi connectivity index (χ0) is 23.9. The number of carbonyl (C=O) groups is 2. The Morgan fingerprint density at radius 1 is 1.33 bits per heavy atom. The van der Waals surface area contributed by atoms with Crippen molar-refractivity contribution in [1.82, 2.24) is 4.98 Å². The maximum absolute atomic E-state index is 14.2. The number of ether oxygens (including phenoxy) is 2. The quantitative estimate of drug-likeness (QED) is 0.543. The van der Waals surface area contributed by atoms with Gasteiger partial charge in [0.1, 0.15) is 17.1 Å². The minimum absolute atomic E-state index is 0.00378. The molecule has 2 unspecified atom stereocenters. The lowest BCUT2D eigenvalue weighted by Crippen LogP contribution is -2.56. The van der Waals surface area contributed by atoms with Gasteiger partial charge in [-0.1, -0.05) is 11.3 Å². The number of nitrogens with zero attached hydrogens (tertiary/aromatic N) is 2. The molecule has 0 saturated carbocycles. The van der Waals surface area contributed by atoms with E-state index in [1.807, 2.05) is 0 Å². The van der Waals surface area contributed by atoms with Crippen LogP contribution in [0.1, 0.15) is 39.6 Å². The molecule has 0 bridgehead atoms. The lowest BCUT2D eigenvalue weighted by atomic mass is 9.96. The molecule has 174 valence electrons. The molecule has 3 aromatic rings. The van der Waals surface area contributed by atoms with Gasteiger partial charge in [-0.05, 0) is 50.1 Å². The number of aromatic nitrogens is 1. The van der Waals surface area contributed by atoms with Crippen LogP contribution in [0.3, 0.4) is 0 Å². The van der Waals surface area contributed by atoms with Gasteiger partial charge >= 0.3 is 0 Å². The molecule has 2 heterocycles. The molecule has 1 aromatic heterocycles. The molecule has 1 aliphatic rings. The van der Waals surface area contributed by atoms with E-state index >= 15 is 0 Å². The number of nitrogens with two attached hydrogens (primary N) is 1. The Bertz CT molecular complexity index is 1240. The van der Waals surface area contributed by atoms with Crippen LogP contribution in [-0.4, -0.2) is 49.7 Å². The first-order valence-electron chi connectivity index (χ1n) is 10.4. The number of hydrogen-bond acceptors (Lipinski definition) is 7. The van der Waals surface area contributed by atoms with E-state index in [4.69, 9.17) is 20.2 Å². The van der Waals surface area contributed by atoms with Crippen LogP contribution >= 0.6 is 11.3 Å². The van der Waals surface area contributed by atoms with Gasteiger partial charge in [0.2, 0.25) is 0 Å². The van der Waals surface area contributed by atoms with Crippen LogP contribution < -0.4 is 20.7 Å². The van der Waals surface area contributed by atoms with Crippen molar-refractivity contribution < 1.29 is 23.5 Å². The SMILES string of the molecule is COCC1CC(C)N1c1nc2ccc(OC)c(C(=O)Nc3cc(F)c(C)cc3C(N)=O)c2s1. The van der Waals surface area contributed by atoms with Crippen LogP contribution in [0.5, 0.6) is 5.75 Å². The minimum atomic E-state index is -0.769. The fourth-order valence-corrected chi connectivity index (χ4v) is 5.43. The molecule has 33 heavy (non-hydrogen) atoms. The van der Waals surface area contributed by atoms with Gasteiger partial charge in [-0.15, -0.1) is 0 Å². The number of halogens is 1. The first kappa shape index (κ1) is 22.9. The van der Waals surface area contributed by atoms with Crippen molar-refractivity contribution in [3.8, 4) is 5.75 Å². The van der Waals surface area contributed by atoms with Gasteiger partial charge in [0.15, 0.2) is 5.13 Å². The van der Waals surface area contributed by atoms with E-state index in [0.717, 1.165) is 17.6 Å². The number of thiazole rings is 1. The average Bonchev–Trinajstić information content (AvgIpc) is 3.17. The molecule has 8 nitrogen and oxygen atoms in total. The number of fused-ring (bicyclic) bond motifs is 1. The van der Waals surface area contributed by atoms with E-state index in [1.165, 1.54) is 31.4 Å². The molecule has 1 aliphatic heterocycles. The van der Waals surface area contributed by atoms with Gasteiger partial charge in [0, 0.05) is 13.2 Å². The van der Waals surface area contributed by atoms with Crippen LogP contribution in [0.25, 0.3) is 10.2 Å². The summed E-state index contributed by atoms with van der Waals surface area (Å²) in [6.07, 6.45) is 0.995. The summed E-state index contributed by atoms with van der Waals surface area (Å²) in [4.78, 5) is 32.1. The molecule has 3 N–H and O–H groups in total. The number of aryl methyl sites for hydroxylation is 1. The fourth-order valence-electron chi connectivity index (χ4n) is 4.16. The molecule has 10 heteroatoms. The van der Waals surface area contributed by atoms with Crippen molar-refractivity contribution in [2.75, 3.05) is 31.0 Å². The molecular formula is C23H25FN4O4S. The lowest BCUT2D eigenvalue weighted by molar-refractivity contribution is 0.100. The topological polar surface area (TPSA) is 107 Å². The number of carbonyl (C=O) groups excluding carboxylic acids is 2. The third-order valence-electron chi connectivity index (χ3n) is 5.83. The number of anilines is 2. The molecule has 1 fully saturated rings. The third kappa shape index (κ3) is 4.11. The molecular weight excluding hydrogens is 447 g/mol. The number of hydrogen-bond donors (Lipinski definition) is 2. The summed E-state index contributed by atoms with van der Waals surface area (Å²) in [6, 6.07) is 6.39. The van der Waals surface area contributed by atoms with Crippen molar-refractivity contribution in [3.63, 3.8) is 0 Å². The van der Waals surface area contributed by atoms with Crippen LogP contribution in [0, 0.1) is 12.7 Å². The van der Waals surface area contributed by atoms with E-state index < -0.39 is 17.6 Å². The van der Waals surface area contributed by atoms with Crippen LogP contribution in [0.15, 0.2) is 24.3 Å². The number of primary amides is 1. The zero-order valence-corrected chi connectivity index (χ0v) is 19.6. The van der Waals surface area contributed by atoms with E-state index in [9.17, 15) is 14.0 Å². The van der Waals surface area contributed by atoms with Crippen LogP contribution in [0.4, 0.5) is 15.2 Å². The Morgan fingerprint density at radius 3 is 2.73 bits per heavy atom. The Balaban J connectivity index is 1.76. The fraction of sp³-hybridized carbons (Fsp3) is 0.348. The summed E-state index contributed by atoms with van der Waals surface area (Å²) in [5, 5.41) is 3.42. The Kier molecular flexibility index (Phi) is 6.22. The average molecular weight is 473 g/mol. The normalized spacial score (nSPS) is 17.7. The van der Waals surface area contributed by atoms with Gasteiger partial charge in [0.25, 0.3) is 11.8 Å². The van der Waals surface area contributed by atoms with Crippen LogP contribution in [0.2, 0.25) is 0 Å². The van der Waals surface area contributed by atoms with Crippen molar-refractivity contribution in [1.29, 1.82) is 0 Å². The van der Waals surface area contributed by atoms with Crippen molar-refractivity contribution >= 4 is 44.2 Å². The Labute approximate surface area is 194 Å². The highest BCUT2D eigenvalue weighted by molar-refractivity contribution is 7.22. The summed E-state index contributed by atoms with van der Waals surface area (Å²) in [7, 11) is 3.13. The van der Waals surface area contributed by atoms with E-state index in [0.29, 0.717) is 28.6 Å². The van der Waals surface area contributed by atoms with E-state index in [-0.39, 0.29) is 28.4 Å². The largest absolute Gasteiger partial charge is 0.496 e. The number of rotatable bonds is 7. The number of benzene rings is 2. The Morgan fingerprint density at radius 2 is 2.09 bits per heavy atom. The van der Waals surface area contributed by atoms with Crippen molar-refractivity contribution in [3.05, 3.63) is 46.8 Å². The summed E-state index contributed by atoms with van der Waals surface area (Å²) < 4.78 is 25.6. The number of methoxy groups -OCH3 is 2. The molecule has 4 rings (SSSR count). The van der Waals surface area contributed by atoms with Crippen molar-refractivity contribution in [2.45, 2.75) is 32.4 Å². The van der Waals surface area contributed by atoms with Gasteiger partial charge in [-0.3, -0.25) is 9.59 Å². The number of nitrogens with one attached hydrogen (secondary N) is 1. The molecule has 2 amide bonds. The first-order chi connectivity index (χ1) is 15.7. The lowest BCUT2D eigenvalue weighted by Gasteiger charge is -2.46. The monoisotopic (exact) mass is 472 g/mol. The summed E-state index contributed by atoms with van der Waals surface area (Å²) in [5.74, 6) is -1.54. The number of amides is 2. The zero-order valence-electron chi connectivity index (χ0n) is 18.8. The highest BCUT2D eigenvalue weighted by atomic mass is 32.1. The highest BCUT2D eigenvalue weighted by Crippen LogP contribution is 2.41. The first-order valence-corrected chi connectivity index (χ1v) is 11.2. The predicted octanol–water partition coefficient (Wildman–Crippen LogP) is 3.72. The van der Waals surface area contributed by atoms with Gasteiger partial charge in [0.05, 0.1) is 41.2 Å². The van der Waals surface area contributed by atoms with Crippen molar-refractivity contribution in [2.24, 2.45) is 5.73 Å². The van der Waals surface area contributed by atoms with Gasteiger partial charge < -0.3 is 25.4 Å². The maximum atomic E-state index is 14.2. The maximum Gasteiger partial charge on any atom is 0.260 e. The summed E-state index contributed by atoms with van der Waals surface area (Å²) >= 11 is 1.38. The van der Waals surface area contributed by atoms with E-state index in [1.54, 1.807) is 19.2 Å². The second-order valence-corrected chi connectivity index (χ2v) is 9.03. The van der Waals surface area contributed by atoms with Gasteiger partial charge in [-0.2, -0.15) is 0 Å². The Hall–Kier alpha value is -3.24. The third-order valence-corrected chi connectivity index (χ3v) is 6.93. The minimum Gasteiger partial charge on any atom is -0.496 e. The second-order valence-electron chi connectivity index (χ2n) is 8.05. The summed E-state index contributed by atoms with van der Waals surface area (Å²) in [5.41, 5.74) is 6.61. The molecule has 0 aliphatic carbocycles. The second kappa shape index (κ2) is 8.95. The highest BCUT2D eigenvalue weighted by Gasteiger charge is 2.37. The predicted molar refractivity (Wildman–Crippen MR) is 126 cm³/mol. The van der Waals surface area contributed by atoms with E-state index in [2.05, 4.69) is 17.1 Å². The smallest absolute Gasteiger partial charge is 0.260 e. The molecule has 2 atom stereocenters. The standard InChI is InChI=1S/C23H25FN4O4S/c1-11-7-14(21(25)29)17(9-15(11)24)26-22(30)19-18(32-4)6-5-16-20(19)33-23(27-16)28-12(2)8-13(28)10-31-3/h5-7,9,12-13H,8,10H2,1-4H3,(H2,25,29)(H,26,30).